The van der Waals surface area contributed by atoms with Crippen LogP contribution in [0.25, 0.3) is 0 Å². The number of thioether (sulfide) groups is 1. The fourth-order valence-electron chi connectivity index (χ4n) is 2.31. The van der Waals surface area contributed by atoms with Gasteiger partial charge in [0.2, 0.25) is 0 Å². The summed E-state index contributed by atoms with van der Waals surface area (Å²) in [5.74, 6) is 1.24. The topological polar surface area (TPSA) is 58.4 Å². The number of hydrogen-bond acceptors (Lipinski definition) is 4. The molecule has 1 atom stereocenters. The van der Waals surface area contributed by atoms with Gasteiger partial charge in [0.25, 0.3) is 5.91 Å². The normalized spacial score (nSPS) is 18.6. The van der Waals surface area contributed by atoms with E-state index in [-0.39, 0.29) is 5.91 Å². The lowest BCUT2D eigenvalue weighted by atomic mass is 10.1. The molecular weight excluding hydrogens is 270 g/mol. The molecule has 0 radical (unpaired) electrons. The van der Waals surface area contributed by atoms with Crippen molar-refractivity contribution in [1.29, 1.82) is 0 Å². The number of carbonyl (C=O) groups is 1. The minimum Gasteiger partial charge on any atom is -0.397 e. The molecule has 0 spiro atoms. The molecule has 1 saturated heterocycles. The quantitative estimate of drug-likeness (QED) is 0.838. The zero-order valence-corrected chi connectivity index (χ0v) is 13.0. The van der Waals surface area contributed by atoms with Gasteiger partial charge in [0.05, 0.1) is 11.4 Å². The second-order valence-electron chi connectivity index (χ2n) is 5.37. The molecule has 1 aliphatic heterocycles. The van der Waals surface area contributed by atoms with Crippen LogP contribution in [0, 0.1) is 0 Å². The Balaban J connectivity index is 1.97. The molecular formula is C15H23N3OS. The fraction of sp³-hybridized carbons (Fsp3) is 0.533. The molecule has 1 unspecified atom stereocenters. The summed E-state index contributed by atoms with van der Waals surface area (Å²) in [6, 6.07) is 5.48. The van der Waals surface area contributed by atoms with Crippen molar-refractivity contribution >= 4 is 29.0 Å². The van der Waals surface area contributed by atoms with E-state index in [1.54, 1.807) is 25.1 Å². The number of nitrogens with zero attached hydrogens (tertiary/aromatic N) is 1. The van der Waals surface area contributed by atoms with Crippen LogP contribution in [-0.4, -0.2) is 42.4 Å². The summed E-state index contributed by atoms with van der Waals surface area (Å²) in [5.41, 5.74) is 8.22. The first-order valence-corrected chi connectivity index (χ1v) is 8.09. The van der Waals surface area contributed by atoms with Crippen molar-refractivity contribution < 1.29 is 4.79 Å². The highest BCUT2D eigenvalue weighted by molar-refractivity contribution is 7.99. The number of nitrogens with one attached hydrogen (secondary N) is 1. The second-order valence-corrected chi connectivity index (χ2v) is 6.78. The molecule has 2 rings (SSSR count). The number of anilines is 2. The lowest BCUT2D eigenvalue weighted by molar-refractivity contribution is 0.0827. The predicted molar refractivity (Wildman–Crippen MR) is 87.5 cm³/mol. The highest BCUT2D eigenvalue weighted by Gasteiger charge is 2.14. The number of rotatable bonds is 4. The van der Waals surface area contributed by atoms with Gasteiger partial charge >= 0.3 is 0 Å². The summed E-state index contributed by atoms with van der Waals surface area (Å²) >= 11 is 2.04. The average molecular weight is 293 g/mol. The van der Waals surface area contributed by atoms with Gasteiger partial charge in [0.15, 0.2) is 0 Å². The van der Waals surface area contributed by atoms with Gasteiger partial charge in [-0.1, -0.05) is 6.42 Å². The average Bonchev–Trinajstić information content (AvgIpc) is 2.46. The third-order valence-electron chi connectivity index (χ3n) is 3.50. The van der Waals surface area contributed by atoms with Gasteiger partial charge < -0.3 is 16.0 Å². The Labute approximate surface area is 125 Å². The standard InChI is InChI=1S/C15H23N3OS/c1-18(2)15(19)11-6-7-14(13(16)9-11)17-10-12-5-3-4-8-20-12/h6-7,9,12,17H,3-5,8,10,16H2,1-2H3. The van der Waals surface area contributed by atoms with E-state index in [2.05, 4.69) is 5.32 Å². The molecule has 0 saturated carbocycles. The van der Waals surface area contributed by atoms with Crippen LogP contribution in [-0.2, 0) is 0 Å². The summed E-state index contributed by atoms with van der Waals surface area (Å²) in [5, 5.41) is 4.08. The molecule has 0 aromatic heterocycles. The Bertz CT molecular complexity index is 470. The molecule has 1 amide bonds. The Kier molecular flexibility index (Phi) is 5.17. The fourth-order valence-corrected chi connectivity index (χ4v) is 3.55. The number of hydrogen-bond donors (Lipinski definition) is 2. The third kappa shape index (κ3) is 3.82. The van der Waals surface area contributed by atoms with Gasteiger partial charge in [-0.2, -0.15) is 11.8 Å². The summed E-state index contributed by atoms with van der Waals surface area (Å²) in [6.45, 7) is 0.940. The van der Waals surface area contributed by atoms with Crippen LogP contribution in [0.2, 0.25) is 0 Å². The first kappa shape index (κ1) is 15.0. The monoisotopic (exact) mass is 293 g/mol. The molecule has 5 heteroatoms. The maximum absolute atomic E-state index is 11.9. The SMILES string of the molecule is CN(C)C(=O)c1ccc(NCC2CCCCS2)c(N)c1. The summed E-state index contributed by atoms with van der Waals surface area (Å²) in [7, 11) is 3.48. The maximum Gasteiger partial charge on any atom is 0.253 e. The van der Waals surface area contributed by atoms with Gasteiger partial charge in [-0.15, -0.1) is 0 Å². The number of nitrogen functional groups attached to an aromatic ring is 1. The van der Waals surface area contributed by atoms with Crippen molar-refractivity contribution in [2.75, 3.05) is 37.4 Å². The van der Waals surface area contributed by atoms with E-state index in [0.717, 1.165) is 12.2 Å². The molecule has 0 aliphatic carbocycles. The maximum atomic E-state index is 11.9. The zero-order valence-electron chi connectivity index (χ0n) is 12.2. The molecule has 0 bridgehead atoms. The Morgan fingerprint density at radius 2 is 2.25 bits per heavy atom. The summed E-state index contributed by atoms with van der Waals surface area (Å²) in [6.07, 6.45) is 3.94. The van der Waals surface area contributed by atoms with Crippen LogP contribution in [0.5, 0.6) is 0 Å². The number of carbonyl (C=O) groups excluding carboxylic acids is 1. The minimum atomic E-state index is -0.0221. The van der Waals surface area contributed by atoms with E-state index in [9.17, 15) is 4.79 Å². The second kappa shape index (κ2) is 6.88. The highest BCUT2D eigenvalue weighted by atomic mass is 32.2. The van der Waals surface area contributed by atoms with Crippen LogP contribution in [0.4, 0.5) is 11.4 Å². The number of nitrogens with two attached hydrogens (primary N) is 1. The van der Waals surface area contributed by atoms with Gasteiger partial charge in [-0.3, -0.25) is 4.79 Å². The lowest BCUT2D eigenvalue weighted by Gasteiger charge is -2.22. The Morgan fingerprint density at radius 1 is 1.45 bits per heavy atom. The lowest BCUT2D eigenvalue weighted by Crippen LogP contribution is -2.22. The smallest absolute Gasteiger partial charge is 0.253 e. The third-order valence-corrected chi connectivity index (χ3v) is 4.90. The van der Waals surface area contributed by atoms with E-state index in [1.165, 1.54) is 25.0 Å². The van der Waals surface area contributed by atoms with Crippen LogP contribution in [0.15, 0.2) is 18.2 Å². The van der Waals surface area contributed by atoms with Crippen molar-refractivity contribution in [2.45, 2.75) is 24.5 Å². The van der Waals surface area contributed by atoms with Crippen LogP contribution < -0.4 is 11.1 Å². The summed E-state index contributed by atoms with van der Waals surface area (Å²) < 4.78 is 0. The van der Waals surface area contributed by atoms with Crippen LogP contribution in [0.3, 0.4) is 0 Å². The molecule has 110 valence electrons. The Morgan fingerprint density at radius 3 is 2.85 bits per heavy atom. The van der Waals surface area contributed by atoms with E-state index in [0.29, 0.717) is 16.5 Å². The van der Waals surface area contributed by atoms with E-state index < -0.39 is 0 Å². The van der Waals surface area contributed by atoms with Gasteiger partial charge in [-0.05, 0) is 36.8 Å². The molecule has 20 heavy (non-hydrogen) atoms. The van der Waals surface area contributed by atoms with E-state index in [4.69, 9.17) is 5.73 Å². The van der Waals surface area contributed by atoms with Crippen molar-refractivity contribution in [2.24, 2.45) is 0 Å². The molecule has 1 aromatic carbocycles. The minimum absolute atomic E-state index is 0.0221. The van der Waals surface area contributed by atoms with Crippen molar-refractivity contribution in [3.63, 3.8) is 0 Å². The van der Waals surface area contributed by atoms with Gasteiger partial charge in [-0.25, -0.2) is 0 Å². The van der Waals surface area contributed by atoms with Gasteiger partial charge in [0.1, 0.15) is 0 Å². The molecule has 1 aromatic rings. The van der Waals surface area contributed by atoms with Gasteiger partial charge in [0, 0.05) is 31.5 Å². The van der Waals surface area contributed by atoms with Crippen LogP contribution >= 0.6 is 11.8 Å². The van der Waals surface area contributed by atoms with Crippen LogP contribution in [0.1, 0.15) is 29.6 Å². The first-order chi connectivity index (χ1) is 9.58. The number of amides is 1. The van der Waals surface area contributed by atoms with Crippen molar-refractivity contribution in [1.82, 2.24) is 4.90 Å². The molecule has 4 nitrogen and oxygen atoms in total. The molecule has 3 N–H and O–H groups in total. The Hall–Kier alpha value is -1.36. The zero-order chi connectivity index (χ0) is 14.5. The van der Waals surface area contributed by atoms with E-state index in [1.807, 2.05) is 23.9 Å². The molecule has 1 aliphatic rings. The van der Waals surface area contributed by atoms with Crippen molar-refractivity contribution in [3.8, 4) is 0 Å². The predicted octanol–water partition coefficient (Wildman–Crippen LogP) is 2.67. The van der Waals surface area contributed by atoms with E-state index >= 15 is 0 Å². The molecule has 1 fully saturated rings. The first-order valence-electron chi connectivity index (χ1n) is 7.04. The van der Waals surface area contributed by atoms with Crippen molar-refractivity contribution in [3.05, 3.63) is 23.8 Å². The highest BCUT2D eigenvalue weighted by Crippen LogP contribution is 2.26. The molecule has 1 heterocycles. The number of benzene rings is 1. The summed E-state index contributed by atoms with van der Waals surface area (Å²) in [4.78, 5) is 13.4. The largest absolute Gasteiger partial charge is 0.397 e.